The van der Waals surface area contributed by atoms with Gasteiger partial charge in [-0.1, -0.05) is 18.2 Å². The lowest BCUT2D eigenvalue weighted by Crippen LogP contribution is -1.93. The third kappa shape index (κ3) is 2.14. The van der Waals surface area contributed by atoms with Gasteiger partial charge in [-0.25, -0.2) is 4.79 Å². The first kappa shape index (κ1) is 11.4. The van der Waals surface area contributed by atoms with Crippen molar-refractivity contribution in [2.45, 2.75) is 0 Å². The van der Waals surface area contributed by atoms with Crippen LogP contribution in [0.1, 0.15) is 0 Å². The highest BCUT2D eigenvalue weighted by atomic mass is 16.4. The highest BCUT2D eigenvalue weighted by Crippen LogP contribution is 2.08. The van der Waals surface area contributed by atoms with Crippen molar-refractivity contribution in [2.75, 3.05) is 0 Å². The van der Waals surface area contributed by atoms with E-state index in [9.17, 15) is 4.79 Å². The van der Waals surface area contributed by atoms with Gasteiger partial charge in [0, 0.05) is 11.5 Å². The number of hydrogen-bond donors (Lipinski definition) is 0. The van der Waals surface area contributed by atoms with Gasteiger partial charge < -0.3 is 15.4 Å². The van der Waals surface area contributed by atoms with Crippen molar-refractivity contribution >= 4 is 11.0 Å². The molecule has 0 saturated carbocycles. The Morgan fingerprint density at radius 2 is 1.62 bits per heavy atom. The Hall–Kier alpha value is -1.65. The standard InChI is InChI=1S/C9H6O2.2H2O/c10-9-6-5-7-3-1-2-4-8(7)11-9;;/h1-6H;2*1H2. The number of para-hydroxylation sites is 1. The molecule has 1 aromatic heterocycles. The van der Waals surface area contributed by atoms with E-state index >= 15 is 0 Å². The normalized spacial score (nSPS) is 8.62. The van der Waals surface area contributed by atoms with E-state index in [1.165, 1.54) is 6.07 Å². The molecule has 0 unspecified atom stereocenters. The second-order valence-electron chi connectivity index (χ2n) is 2.29. The molecule has 2 aromatic rings. The molecule has 0 radical (unpaired) electrons. The summed E-state index contributed by atoms with van der Waals surface area (Å²) in [6.45, 7) is 0. The average Bonchev–Trinajstić information content (AvgIpc) is 2.04. The Labute approximate surface area is 74.0 Å². The fourth-order valence-corrected chi connectivity index (χ4v) is 1.01. The largest absolute Gasteiger partial charge is 0.423 e. The van der Waals surface area contributed by atoms with Crippen LogP contribution in [0, 0.1) is 0 Å². The van der Waals surface area contributed by atoms with Crippen LogP contribution in [0.15, 0.2) is 45.6 Å². The van der Waals surface area contributed by atoms with Gasteiger partial charge in [0.05, 0.1) is 0 Å². The van der Waals surface area contributed by atoms with Crippen molar-refractivity contribution in [3.05, 3.63) is 46.8 Å². The summed E-state index contributed by atoms with van der Waals surface area (Å²) >= 11 is 0. The SMILES string of the molecule is O.O.O=c1ccc2ccccc2o1. The third-order valence-corrected chi connectivity index (χ3v) is 1.53. The van der Waals surface area contributed by atoms with Gasteiger partial charge in [0.25, 0.3) is 0 Å². The van der Waals surface area contributed by atoms with Gasteiger partial charge in [0.15, 0.2) is 0 Å². The summed E-state index contributed by atoms with van der Waals surface area (Å²) in [5.41, 5.74) is 0.337. The minimum Gasteiger partial charge on any atom is -0.423 e. The van der Waals surface area contributed by atoms with Crippen LogP contribution in [-0.2, 0) is 0 Å². The molecule has 0 aliphatic rings. The van der Waals surface area contributed by atoms with Crippen LogP contribution in [-0.4, -0.2) is 11.0 Å². The maximum Gasteiger partial charge on any atom is 0.336 e. The maximum absolute atomic E-state index is 10.7. The summed E-state index contributed by atoms with van der Waals surface area (Å²) in [4.78, 5) is 10.7. The van der Waals surface area contributed by atoms with E-state index in [0.717, 1.165) is 5.39 Å². The third-order valence-electron chi connectivity index (χ3n) is 1.53. The average molecular weight is 182 g/mol. The lowest BCUT2D eigenvalue weighted by molar-refractivity contribution is 0.561. The molecular weight excluding hydrogens is 172 g/mol. The second-order valence-corrected chi connectivity index (χ2v) is 2.29. The van der Waals surface area contributed by atoms with Gasteiger partial charge >= 0.3 is 5.63 Å². The first-order valence-corrected chi connectivity index (χ1v) is 3.35. The topological polar surface area (TPSA) is 93.2 Å². The number of benzene rings is 1. The molecule has 0 atom stereocenters. The predicted octanol–water partition coefficient (Wildman–Crippen LogP) is 0.144. The summed E-state index contributed by atoms with van der Waals surface area (Å²) in [5.74, 6) is 0. The molecule has 70 valence electrons. The van der Waals surface area contributed by atoms with Crippen molar-refractivity contribution in [1.82, 2.24) is 0 Å². The summed E-state index contributed by atoms with van der Waals surface area (Å²) in [6, 6.07) is 10.6. The Kier molecular flexibility index (Phi) is 3.84. The summed E-state index contributed by atoms with van der Waals surface area (Å²) < 4.78 is 4.91. The van der Waals surface area contributed by atoms with Crippen molar-refractivity contribution in [2.24, 2.45) is 0 Å². The molecule has 4 N–H and O–H groups in total. The smallest absolute Gasteiger partial charge is 0.336 e. The zero-order valence-corrected chi connectivity index (χ0v) is 6.78. The van der Waals surface area contributed by atoms with Crippen LogP contribution in [0.3, 0.4) is 0 Å². The Bertz CT molecular complexity index is 433. The first-order valence-electron chi connectivity index (χ1n) is 3.35. The highest BCUT2D eigenvalue weighted by molar-refractivity contribution is 5.75. The van der Waals surface area contributed by atoms with Gasteiger partial charge in [0.2, 0.25) is 0 Å². The van der Waals surface area contributed by atoms with Gasteiger partial charge in [-0.2, -0.15) is 0 Å². The molecule has 0 saturated heterocycles. The minimum atomic E-state index is -0.302. The van der Waals surface area contributed by atoms with Gasteiger partial charge in [-0.15, -0.1) is 0 Å². The Morgan fingerprint density at radius 1 is 0.923 bits per heavy atom. The van der Waals surface area contributed by atoms with E-state index in [1.807, 2.05) is 18.2 Å². The molecule has 0 bridgehead atoms. The molecule has 0 spiro atoms. The van der Waals surface area contributed by atoms with Crippen LogP contribution in [0.5, 0.6) is 0 Å². The molecule has 0 aliphatic carbocycles. The van der Waals surface area contributed by atoms with Gasteiger partial charge in [0.1, 0.15) is 5.58 Å². The monoisotopic (exact) mass is 182 g/mol. The molecule has 2 rings (SSSR count). The van der Waals surface area contributed by atoms with Gasteiger partial charge in [-0.3, -0.25) is 0 Å². The van der Waals surface area contributed by atoms with Crippen molar-refractivity contribution in [3.8, 4) is 0 Å². The van der Waals surface area contributed by atoms with Crippen LogP contribution in [0.25, 0.3) is 11.0 Å². The van der Waals surface area contributed by atoms with Gasteiger partial charge in [-0.05, 0) is 12.1 Å². The summed E-state index contributed by atoms with van der Waals surface area (Å²) in [7, 11) is 0. The molecule has 0 aliphatic heterocycles. The van der Waals surface area contributed by atoms with E-state index in [1.54, 1.807) is 12.1 Å². The predicted molar refractivity (Wildman–Crippen MR) is 49.7 cm³/mol. The Morgan fingerprint density at radius 3 is 2.38 bits per heavy atom. The van der Waals surface area contributed by atoms with E-state index < -0.39 is 0 Å². The van der Waals surface area contributed by atoms with E-state index in [-0.39, 0.29) is 16.6 Å². The lowest BCUT2D eigenvalue weighted by atomic mass is 10.2. The molecule has 0 fully saturated rings. The Balaban J connectivity index is 0.000000720. The molecule has 1 aromatic carbocycles. The quantitative estimate of drug-likeness (QED) is 0.542. The molecular formula is C9H10O4. The lowest BCUT2D eigenvalue weighted by Gasteiger charge is -1.91. The molecule has 4 heteroatoms. The maximum atomic E-state index is 10.7. The second kappa shape index (κ2) is 4.39. The highest BCUT2D eigenvalue weighted by Gasteiger charge is 1.92. The zero-order chi connectivity index (χ0) is 7.68. The van der Waals surface area contributed by atoms with Crippen molar-refractivity contribution in [3.63, 3.8) is 0 Å². The molecule has 13 heavy (non-hydrogen) atoms. The molecule has 0 amide bonds. The van der Waals surface area contributed by atoms with Crippen LogP contribution in [0.4, 0.5) is 0 Å². The molecule has 4 nitrogen and oxygen atoms in total. The summed E-state index contributed by atoms with van der Waals surface area (Å²) in [5, 5.41) is 0.951. The fourth-order valence-electron chi connectivity index (χ4n) is 1.01. The van der Waals surface area contributed by atoms with Crippen molar-refractivity contribution in [1.29, 1.82) is 0 Å². The zero-order valence-electron chi connectivity index (χ0n) is 6.78. The summed E-state index contributed by atoms with van der Waals surface area (Å²) in [6.07, 6.45) is 0. The number of hydrogen-bond acceptors (Lipinski definition) is 2. The number of fused-ring (bicyclic) bond motifs is 1. The van der Waals surface area contributed by atoms with Crippen molar-refractivity contribution < 1.29 is 15.4 Å². The fraction of sp³-hybridized carbons (Fsp3) is 0. The first-order chi connectivity index (χ1) is 5.36. The van der Waals surface area contributed by atoms with E-state index in [2.05, 4.69) is 0 Å². The molecule has 1 heterocycles. The number of rotatable bonds is 0. The van der Waals surface area contributed by atoms with Crippen LogP contribution in [0.2, 0.25) is 0 Å². The minimum absolute atomic E-state index is 0. The van der Waals surface area contributed by atoms with E-state index in [0.29, 0.717) is 5.58 Å². The van der Waals surface area contributed by atoms with Crippen LogP contribution < -0.4 is 5.63 Å². The van der Waals surface area contributed by atoms with Crippen LogP contribution >= 0.6 is 0 Å². The van der Waals surface area contributed by atoms with E-state index in [4.69, 9.17) is 4.42 Å².